The summed E-state index contributed by atoms with van der Waals surface area (Å²) in [5, 5.41) is 10.0. The normalized spacial score (nSPS) is 12.1. The molecule has 0 bridgehead atoms. The molecule has 0 aromatic heterocycles. The van der Waals surface area contributed by atoms with Gasteiger partial charge in [-0.2, -0.15) is 13.2 Å². The first-order valence-corrected chi connectivity index (χ1v) is 14.6. The zero-order chi connectivity index (χ0) is 31.4. The molecule has 0 saturated heterocycles. The number of carbonyl (C=O) groups excluding carboxylic acids is 1. The molecule has 0 radical (unpaired) electrons. The molecule has 0 aliphatic carbocycles. The first-order valence-electron chi connectivity index (χ1n) is 13.0. The summed E-state index contributed by atoms with van der Waals surface area (Å²) in [5.41, 5.74) is 0.880. The number of hydrogen-bond acceptors (Lipinski definition) is 3. The number of benzene rings is 3. The van der Waals surface area contributed by atoms with E-state index >= 15 is 0 Å². The number of hydrogen-bond donors (Lipinski definition) is 1. The number of amides is 1. The number of carbonyl (C=O) groups is 2. The summed E-state index contributed by atoms with van der Waals surface area (Å²) in [6.07, 6.45) is -1.30. The van der Waals surface area contributed by atoms with Crippen molar-refractivity contribution in [2.45, 2.75) is 45.8 Å². The number of rotatable bonds is 10. The van der Waals surface area contributed by atoms with E-state index < -0.39 is 29.7 Å². The minimum absolute atomic E-state index is 0.0743. The second kappa shape index (κ2) is 16.4. The second-order valence-corrected chi connectivity index (χ2v) is 11.4. The molecule has 1 N–H and O–H groups in total. The van der Waals surface area contributed by atoms with Gasteiger partial charge >= 0.3 is 12.1 Å². The van der Waals surface area contributed by atoms with E-state index in [2.05, 4.69) is 25.6 Å². The van der Waals surface area contributed by atoms with Crippen molar-refractivity contribution in [1.82, 2.24) is 4.90 Å². The summed E-state index contributed by atoms with van der Waals surface area (Å²) in [6, 6.07) is 18.1. The molecule has 1 unspecified atom stereocenters. The van der Waals surface area contributed by atoms with E-state index in [1.54, 1.807) is 0 Å². The molecule has 224 valence electrons. The number of aryl methyl sites for hydroxylation is 1. The predicted molar refractivity (Wildman–Crippen MR) is 167 cm³/mol. The molecule has 0 saturated carbocycles. The van der Waals surface area contributed by atoms with Gasteiger partial charge in [0.1, 0.15) is 6.04 Å². The van der Waals surface area contributed by atoms with Crippen molar-refractivity contribution < 1.29 is 27.9 Å². The fourth-order valence-electron chi connectivity index (χ4n) is 3.57. The van der Waals surface area contributed by atoms with Gasteiger partial charge in [-0.1, -0.05) is 109 Å². The number of thioether (sulfide) groups is 1. The van der Waals surface area contributed by atoms with E-state index in [0.717, 1.165) is 35.2 Å². The van der Waals surface area contributed by atoms with Crippen LogP contribution in [0.4, 0.5) is 13.2 Å². The van der Waals surface area contributed by atoms with Crippen LogP contribution in [0.25, 0.3) is 4.91 Å². The Labute approximate surface area is 258 Å². The van der Waals surface area contributed by atoms with Crippen LogP contribution in [0.1, 0.15) is 53.7 Å². The van der Waals surface area contributed by atoms with Crippen LogP contribution in [0.3, 0.4) is 0 Å². The van der Waals surface area contributed by atoms with Gasteiger partial charge < -0.3 is 10.0 Å². The van der Waals surface area contributed by atoms with Gasteiger partial charge in [-0.25, -0.2) is 4.79 Å². The summed E-state index contributed by atoms with van der Waals surface area (Å²) in [6.45, 7) is 9.20. The SMILES string of the molecule is C=C(S/C(=C\CCC)CN(C(=O)c1ccc(Cl)cc1Cl)C(C)C(=O)O)c1cccc(C(F)(F)F)c1.Cc1ccccc1. The lowest BCUT2D eigenvalue weighted by atomic mass is 10.1. The zero-order valence-electron chi connectivity index (χ0n) is 23.4. The highest BCUT2D eigenvalue weighted by atomic mass is 35.5. The number of unbranched alkanes of at least 4 members (excludes halogenated alkanes) is 1. The van der Waals surface area contributed by atoms with Crippen LogP contribution >= 0.6 is 35.0 Å². The number of carboxylic acids is 1. The molecule has 0 fully saturated rings. The molecule has 3 rings (SSSR count). The highest BCUT2D eigenvalue weighted by molar-refractivity contribution is 8.11. The van der Waals surface area contributed by atoms with E-state index in [1.807, 2.05) is 31.2 Å². The van der Waals surface area contributed by atoms with Crippen LogP contribution in [0.2, 0.25) is 10.0 Å². The lowest BCUT2D eigenvalue weighted by Gasteiger charge is -2.28. The topological polar surface area (TPSA) is 57.6 Å². The fourth-order valence-corrected chi connectivity index (χ4v) is 5.02. The summed E-state index contributed by atoms with van der Waals surface area (Å²) in [4.78, 5) is 27.1. The molecule has 42 heavy (non-hydrogen) atoms. The Kier molecular flexibility index (Phi) is 13.7. The maximum Gasteiger partial charge on any atom is 0.416 e. The zero-order valence-corrected chi connectivity index (χ0v) is 25.7. The van der Waals surface area contributed by atoms with Gasteiger partial charge in [-0.05, 0) is 56.2 Å². The molecular weight excluding hydrogens is 606 g/mol. The van der Waals surface area contributed by atoms with Crippen LogP contribution in [0, 0.1) is 6.92 Å². The summed E-state index contributed by atoms with van der Waals surface area (Å²) in [7, 11) is 0. The number of aliphatic carboxylic acids is 1. The maximum atomic E-state index is 13.3. The average Bonchev–Trinajstić information content (AvgIpc) is 2.94. The van der Waals surface area contributed by atoms with Crippen LogP contribution < -0.4 is 0 Å². The van der Waals surface area contributed by atoms with Crippen molar-refractivity contribution in [3.8, 4) is 0 Å². The molecule has 0 spiro atoms. The van der Waals surface area contributed by atoms with Gasteiger partial charge in [0, 0.05) is 14.8 Å². The largest absolute Gasteiger partial charge is 0.480 e. The molecule has 0 aliphatic heterocycles. The third kappa shape index (κ3) is 10.9. The Morgan fingerprint density at radius 3 is 2.24 bits per heavy atom. The minimum Gasteiger partial charge on any atom is -0.480 e. The number of allylic oxidation sites excluding steroid dienone is 1. The number of halogens is 5. The second-order valence-electron chi connectivity index (χ2n) is 9.29. The highest BCUT2D eigenvalue weighted by Crippen LogP contribution is 2.37. The molecule has 0 heterocycles. The van der Waals surface area contributed by atoms with Crippen LogP contribution in [0.5, 0.6) is 0 Å². The molecular formula is C32H32Cl2F3NO3S. The Morgan fingerprint density at radius 1 is 1.05 bits per heavy atom. The third-order valence-corrected chi connectivity index (χ3v) is 7.53. The molecule has 3 aromatic rings. The Balaban J connectivity index is 0.000000766. The molecule has 4 nitrogen and oxygen atoms in total. The van der Waals surface area contributed by atoms with Crippen molar-refractivity contribution in [1.29, 1.82) is 0 Å². The maximum absolute atomic E-state index is 13.3. The lowest BCUT2D eigenvalue weighted by molar-refractivity contribution is -0.141. The fraction of sp³-hybridized carbons (Fsp3) is 0.250. The summed E-state index contributed by atoms with van der Waals surface area (Å²) >= 11 is 13.2. The minimum atomic E-state index is -4.50. The molecule has 10 heteroatoms. The average molecular weight is 639 g/mol. The third-order valence-electron chi connectivity index (χ3n) is 5.94. The molecule has 1 atom stereocenters. The molecule has 1 amide bonds. The van der Waals surface area contributed by atoms with Crippen molar-refractivity contribution in [3.05, 3.63) is 123 Å². The summed E-state index contributed by atoms with van der Waals surface area (Å²) in [5.74, 6) is -1.84. The number of alkyl halides is 3. The van der Waals surface area contributed by atoms with E-state index in [9.17, 15) is 27.9 Å². The number of nitrogens with zero attached hydrogens (tertiary/aromatic N) is 1. The van der Waals surface area contributed by atoms with E-state index in [-0.39, 0.29) is 22.7 Å². The van der Waals surface area contributed by atoms with Gasteiger partial charge in [0.15, 0.2) is 0 Å². The summed E-state index contributed by atoms with van der Waals surface area (Å²) < 4.78 is 39.4. The van der Waals surface area contributed by atoms with Crippen molar-refractivity contribution in [3.63, 3.8) is 0 Å². The lowest BCUT2D eigenvalue weighted by Crippen LogP contribution is -2.44. The Bertz CT molecular complexity index is 1410. The Morgan fingerprint density at radius 2 is 1.71 bits per heavy atom. The van der Waals surface area contributed by atoms with Crippen molar-refractivity contribution in [2.75, 3.05) is 6.54 Å². The van der Waals surface area contributed by atoms with E-state index in [0.29, 0.717) is 21.3 Å². The predicted octanol–water partition coefficient (Wildman–Crippen LogP) is 10.0. The first kappa shape index (κ1) is 35.0. The molecule has 3 aromatic carbocycles. The van der Waals surface area contributed by atoms with Crippen molar-refractivity contribution >= 4 is 51.7 Å². The first-order chi connectivity index (χ1) is 19.7. The Hall–Kier alpha value is -3.20. The highest BCUT2D eigenvalue weighted by Gasteiger charge is 2.31. The smallest absolute Gasteiger partial charge is 0.416 e. The van der Waals surface area contributed by atoms with Gasteiger partial charge in [0.25, 0.3) is 5.91 Å². The van der Waals surface area contributed by atoms with Crippen molar-refractivity contribution in [2.24, 2.45) is 0 Å². The molecule has 0 aliphatic rings. The standard InChI is InChI=1S/C25H24Cl2F3NO3S.C7H8/c1-4-5-9-20(35-16(3)17-7-6-8-18(12-17)25(28,29)30)14-31(15(2)24(33)34)23(32)21-11-10-19(26)13-22(21)27;1-7-5-3-2-4-6-7/h6-13,15H,3-5,14H2,1-2H3,(H,33,34);2-6H,1H3/b20-9-;. The van der Waals surface area contributed by atoms with Crippen LogP contribution in [0.15, 0.2) is 90.4 Å². The van der Waals surface area contributed by atoms with Gasteiger partial charge in [-0.15, -0.1) is 0 Å². The van der Waals surface area contributed by atoms with Gasteiger partial charge in [0.05, 0.1) is 22.7 Å². The quantitative estimate of drug-likeness (QED) is 0.240. The van der Waals surface area contributed by atoms with Crippen LogP contribution in [-0.2, 0) is 11.0 Å². The number of carboxylic acid groups (broad SMARTS) is 1. The van der Waals surface area contributed by atoms with E-state index in [1.165, 1.54) is 42.8 Å². The van der Waals surface area contributed by atoms with Gasteiger partial charge in [-0.3, -0.25) is 4.79 Å². The van der Waals surface area contributed by atoms with Gasteiger partial charge in [0.2, 0.25) is 0 Å². The van der Waals surface area contributed by atoms with E-state index in [4.69, 9.17) is 23.2 Å². The monoisotopic (exact) mass is 637 g/mol. The van der Waals surface area contributed by atoms with Crippen LogP contribution in [-0.4, -0.2) is 34.5 Å².